The highest BCUT2D eigenvalue weighted by Gasteiger charge is 2.14. The predicted molar refractivity (Wildman–Crippen MR) is 125 cm³/mol. The average molecular weight is 425 g/mol. The molecule has 0 N–H and O–H groups in total. The highest BCUT2D eigenvalue weighted by atomic mass is 16.5. The molecule has 0 aromatic heterocycles. The maximum absolute atomic E-state index is 12.6. The van der Waals surface area contributed by atoms with Crippen molar-refractivity contribution in [2.75, 3.05) is 6.61 Å². The van der Waals surface area contributed by atoms with Crippen molar-refractivity contribution in [2.24, 2.45) is 0 Å². The van der Waals surface area contributed by atoms with Crippen molar-refractivity contribution in [3.63, 3.8) is 0 Å². The molecule has 2 rings (SSSR count). The monoisotopic (exact) mass is 424 g/mol. The fourth-order valence-corrected chi connectivity index (χ4v) is 3.50. The summed E-state index contributed by atoms with van der Waals surface area (Å²) in [6.07, 6.45) is 11.4. The first-order valence-corrected chi connectivity index (χ1v) is 11.7. The number of carbonyl (C=O) groups excluding carboxylic acids is 2. The second kappa shape index (κ2) is 14.4. The quantitative estimate of drug-likeness (QED) is 0.183. The molecule has 0 aliphatic rings. The van der Waals surface area contributed by atoms with E-state index in [0.29, 0.717) is 23.5 Å². The SMILES string of the molecule is CCCCCCCCCCOC(=O)c1cccc(C(=O)Oc2ccccc2CCC)c1. The van der Waals surface area contributed by atoms with E-state index in [1.54, 1.807) is 30.3 Å². The first-order valence-electron chi connectivity index (χ1n) is 11.7. The fourth-order valence-electron chi connectivity index (χ4n) is 3.50. The van der Waals surface area contributed by atoms with E-state index in [1.165, 1.54) is 38.5 Å². The van der Waals surface area contributed by atoms with Gasteiger partial charge < -0.3 is 9.47 Å². The maximum Gasteiger partial charge on any atom is 0.343 e. The molecule has 0 atom stereocenters. The van der Waals surface area contributed by atoms with E-state index in [9.17, 15) is 9.59 Å². The van der Waals surface area contributed by atoms with Gasteiger partial charge in [-0.15, -0.1) is 0 Å². The van der Waals surface area contributed by atoms with Crippen molar-refractivity contribution in [1.82, 2.24) is 0 Å². The topological polar surface area (TPSA) is 52.6 Å². The first-order chi connectivity index (χ1) is 15.2. The number of rotatable bonds is 14. The second-order valence-corrected chi connectivity index (χ2v) is 7.94. The molecule has 0 fully saturated rings. The minimum absolute atomic E-state index is 0.341. The van der Waals surface area contributed by atoms with E-state index in [2.05, 4.69) is 13.8 Å². The molecule has 0 radical (unpaired) electrons. The summed E-state index contributed by atoms with van der Waals surface area (Å²) in [7, 11) is 0. The van der Waals surface area contributed by atoms with Crippen molar-refractivity contribution in [1.29, 1.82) is 0 Å². The molecule has 2 aromatic rings. The second-order valence-electron chi connectivity index (χ2n) is 7.94. The zero-order valence-corrected chi connectivity index (χ0v) is 19.0. The Morgan fingerprint density at radius 2 is 1.35 bits per heavy atom. The molecule has 0 saturated carbocycles. The van der Waals surface area contributed by atoms with E-state index < -0.39 is 11.9 Å². The summed E-state index contributed by atoms with van der Waals surface area (Å²) in [4.78, 5) is 24.9. The lowest BCUT2D eigenvalue weighted by Gasteiger charge is -2.10. The Kier molecular flexibility index (Phi) is 11.4. The number of unbranched alkanes of at least 4 members (excludes halogenated alkanes) is 7. The summed E-state index contributed by atoms with van der Waals surface area (Å²) in [5.41, 5.74) is 1.71. The molecule has 31 heavy (non-hydrogen) atoms. The van der Waals surface area contributed by atoms with Crippen LogP contribution in [0.3, 0.4) is 0 Å². The minimum atomic E-state index is -0.471. The lowest BCUT2D eigenvalue weighted by atomic mass is 10.1. The molecule has 4 heteroatoms. The van der Waals surface area contributed by atoms with Crippen molar-refractivity contribution in [3.05, 3.63) is 65.2 Å². The lowest BCUT2D eigenvalue weighted by Crippen LogP contribution is -2.12. The molecule has 0 spiro atoms. The summed E-state index contributed by atoms with van der Waals surface area (Å²) in [5, 5.41) is 0. The number of carbonyl (C=O) groups is 2. The summed E-state index contributed by atoms with van der Waals surface area (Å²) >= 11 is 0. The Hall–Kier alpha value is -2.62. The predicted octanol–water partition coefficient (Wildman–Crippen LogP) is 7.16. The van der Waals surface area contributed by atoms with Crippen LogP contribution < -0.4 is 4.74 Å². The van der Waals surface area contributed by atoms with Crippen molar-refractivity contribution in [2.45, 2.75) is 78.1 Å². The van der Waals surface area contributed by atoms with E-state index in [-0.39, 0.29) is 0 Å². The molecular weight excluding hydrogens is 388 g/mol. The number of benzene rings is 2. The normalized spacial score (nSPS) is 10.6. The molecule has 0 unspecified atom stereocenters. The van der Waals surface area contributed by atoms with E-state index in [0.717, 1.165) is 31.2 Å². The number of para-hydroxylation sites is 1. The van der Waals surface area contributed by atoms with Crippen LogP contribution in [0.25, 0.3) is 0 Å². The Labute approximate surface area is 187 Å². The van der Waals surface area contributed by atoms with Crippen molar-refractivity contribution >= 4 is 11.9 Å². The van der Waals surface area contributed by atoms with Crippen LogP contribution in [0.15, 0.2) is 48.5 Å². The van der Waals surface area contributed by atoms with Crippen LogP contribution >= 0.6 is 0 Å². The molecule has 168 valence electrons. The molecule has 0 aliphatic carbocycles. The van der Waals surface area contributed by atoms with Gasteiger partial charge in [-0.2, -0.15) is 0 Å². The van der Waals surface area contributed by atoms with Gasteiger partial charge in [0.15, 0.2) is 0 Å². The van der Waals surface area contributed by atoms with Gasteiger partial charge >= 0.3 is 11.9 Å². The van der Waals surface area contributed by atoms with Gasteiger partial charge in [-0.25, -0.2) is 9.59 Å². The van der Waals surface area contributed by atoms with Crippen molar-refractivity contribution in [3.8, 4) is 5.75 Å². The average Bonchev–Trinajstić information content (AvgIpc) is 2.79. The van der Waals surface area contributed by atoms with Crippen molar-refractivity contribution < 1.29 is 19.1 Å². The molecule has 0 aliphatic heterocycles. The van der Waals surface area contributed by atoms with Gasteiger partial charge in [-0.05, 0) is 42.7 Å². The number of ether oxygens (including phenoxy) is 2. The van der Waals surface area contributed by atoms with Gasteiger partial charge in [-0.1, -0.05) is 89.5 Å². The molecule has 4 nitrogen and oxygen atoms in total. The largest absolute Gasteiger partial charge is 0.462 e. The highest BCUT2D eigenvalue weighted by Crippen LogP contribution is 2.21. The van der Waals surface area contributed by atoms with E-state index in [4.69, 9.17) is 9.47 Å². The minimum Gasteiger partial charge on any atom is -0.462 e. The van der Waals surface area contributed by atoms with Crippen LogP contribution in [0.2, 0.25) is 0 Å². The van der Waals surface area contributed by atoms with Crippen LogP contribution in [-0.4, -0.2) is 18.5 Å². The number of esters is 2. The molecular formula is C27H36O4. The van der Waals surface area contributed by atoms with Gasteiger partial charge in [0.25, 0.3) is 0 Å². The standard InChI is InChI=1S/C27H36O4/c1-3-5-6-7-8-9-10-13-20-30-26(28)23-17-14-18-24(21-23)27(29)31-25-19-12-11-16-22(25)15-4-2/h11-12,14,16-19,21H,3-10,13,15,20H2,1-2H3. The third-order valence-electron chi connectivity index (χ3n) is 5.26. The maximum atomic E-state index is 12.6. The Morgan fingerprint density at radius 1 is 0.710 bits per heavy atom. The zero-order chi connectivity index (χ0) is 22.3. The molecule has 2 aromatic carbocycles. The van der Waals surface area contributed by atoms with Gasteiger partial charge in [0.1, 0.15) is 5.75 Å². The van der Waals surface area contributed by atoms with Crippen LogP contribution in [0, 0.1) is 0 Å². The highest BCUT2D eigenvalue weighted by molar-refractivity contribution is 5.96. The number of aryl methyl sites for hydroxylation is 1. The smallest absolute Gasteiger partial charge is 0.343 e. The van der Waals surface area contributed by atoms with E-state index in [1.807, 2.05) is 18.2 Å². The summed E-state index contributed by atoms with van der Waals surface area (Å²) in [5.74, 6) is -0.303. The third kappa shape index (κ3) is 8.95. The summed E-state index contributed by atoms with van der Waals surface area (Å²) in [6, 6.07) is 14.1. The Morgan fingerprint density at radius 3 is 2.06 bits per heavy atom. The molecule has 0 amide bonds. The van der Waals surface area contributed by atoms with Gasteiger partial charge in [0, 0.05) is 0 Å². The first kappa shape index (κ1) is 24.6. The summed E-state index contributed by atoms with van der Waals surface area (Å²) in [6.45, 7) is 4.72. The van der Waals surface area contributed by atoms with Crippen LogP contribution in [0.4, 0.5) is 0 Å². The van der Waals surface area contributed by atoms with Crippen LogP contribution in [0.1, 0.15) is 97.9 Å². The molecule has 0 saturated heterocycles. The number of hydrogen-bond donors (Lipinski definition) is 0. The van der Waals surface area contributed by atoms with E-state index >= 15 is 0 Å². The Bertz CT molecular complexity index is 812. The van der Waals surface area contributed by atoms with Crippen LogP contribution in [0.5, 0.6) is 5.75 Å². The van der Waals surface area contributed by atoms with Crippen LogP contribution in [-0.2, 0) is 11.2 Å². The van der Waals surface area contributed by atoms with Gasteiger partial charge in [0.2, 0.25) is 0 Å². The van der Waals surface area contributed by atoms with Gasteiger partial charge in [-0.3, -0.25) is 0 Å². The molecule has 0 heterocycles. The fraction of sp³-hybridized carbons (Fsp3) is 0.481. The molecule has 0 bridgehead atoms. The lowest BCUT2D eigenvalue weighted by molar-refractivity contribution is 0.0497. The Balaban J connectivity index is 1.80. The summed E-state index contributed by atoms with van der Waals surface area (Å²) < 4.78 is 11.0. The van der Waals surface area contributed by atoms with Gasteiger partial charge in [0.05, 0.1) is 17.7 Å². The zero-order valence-electron chi connectivity index (χ0n) is 19.0. The third-order valence-corrected chi connectivity index (χ3v) is 5.26. The number of hydrogen-bond acceptors (Lipinski definition) is 4.